The maximum absolute atomic E-state index is 11.2. The van der Waals surface area contributed by atoms with E-state index in [0.29, 0.717) is 0 Å². The quantitative estimate of drug-likeness (QED) is 0.943. The number of nitrogens with zero attached hydrogens (tertiary/aromatic N) is 2. The van der Waals surface area contributed by atoms with Gasteiger partial charge in [0.15, 0.2) is 0 Å². The van der Waals surface area contributed by atoms with E-state index in [9.17, 15) is 4.79 Å². The minimum atomic E-state index is 0. The number of rotatable bonds is 3. The van der Waals surface area contributed by atoms with Crippen molar-refractivity contribution in [1.29, 1.82) is 0 Å². The molecule has 6 heteroatoms. The molecule has 1 aromatic heterocycles. The van der Waals surface area contributed by atoms with Crippen molar-refractivity contribution in [2.24, 2.45) is 0 Å². The molecule has 2 heterocycles. The number of carbonyl (C=O) groups excluding carboxylic acids is 1. The Morgan fingerprint density at radius 1 is 0.900 bits per heavy atom. The summed E-state index contributed by atoms with van der Waals surface area (Å²) in [6.07, 6.45) is 6.78. The van der Waals surface area contributed by atoms with Gasteiger partial charge >= 0.3 is 0 Å². The summed E-state index contributed by atoms with van der Waals surface area (Å²) in [5.41, 5.74) is 2.84. The standard InChI is InChI=1S/C14H11N3O.2ClH/c18-14-7-10-17(14)13-3-1-11(2-4-13)16-12-5-8-15-9-6-12;;/h1-10H,(H,15,16);2*1H. The summed E-state index contributed by atoms with van der Waals surface area (Å²) >= 11 is 0. The number of pyridine rings is 1. The highest BCUT2D eigenvalue weighted by molar-refractivity contribution is 6.09. The Kier molecular flexibility index (Phi) is 5.55. The number of carbonyl (C=O) groups is 1. The zero-order chi connectivity index (χ0) is 12.4. The second-order valence-corrected chi connectivity index (χ2v) is 3.93. The monoisotopic (exact) mass is 309 g/mol. The van der Waals surface area contributed by atoms with Gasteiger partial charge in [0.25, 0.3) is 5.91 Å². The molecule has 0 saturated carbocycles. The van der Waals surface area contributed by atoms with Crippen LogP contribution in [0.5, 0.6) is 0 Å². The van der Waals surface area contributed by atoms with E-state index in [4.69, 9.17) is 0 Å². The number of hydrogen-bond acceptors (Lipinski definition) is 3. The molecule has 0 spiro atoms. The molecule has 1 amide bonds. The Balaban J connectivity index is 0.000001000. The summed E-state index contributed by atoms with van der Waals surface area (Å²) in [6, 6.07) is 11.5. The lowest BCUT2D eigenvalue weighted by atomic mass is 10.2. The van der Waals surface area contributed by atoms with E-state index in [1.54, 1.807) is 29.6 Å². The highest BCUT2D eigenvalue weighted by Gasteiger charge is 2.17. The molecule has 4 nitrogen and oxygen atoms in total. The van der Waals surface area contributed by atoms with Crippen LogP contribution in [-0.2, 0) is 4.79 Å². The average Bonchev–Trinajstić information content (AvgIpc) is 2.40. The van der Waals surface area contributed by atoms with E-state index < -0.39 is 0 Å². The van der Waals surface area contributed by atoms with Crippen LogP contribution in [0.1, 0.15) is 0 Å². The van der Waals surface area contributed by atoms with Crippen LogP contribution in [0.25, 0.3) is 0 Å². The summed E-state index contributed by atoms with van der Waals surface area (Å²) in [5.74, 6) is 0.0184. The van der Waals surface area contributed by atoms with Crippen LogP contribution in [0, 0.1) is 0 Å². The lowest BCUT2D eigenvalue weighted by Crippen LogP contribution is -2.30. The van der Waals surface area contributed by atoms with Gasteiger partial charge in [-0.1, -0.05) is 0 Å². The Hall–Kier alpha value is -2.04. The van der Waals surface area contributed by atoms with Crippen molar-refractivity contribution in [2.75, 3.05) is 10.2 Å². The normalized spacial score (nSPS) is 12.0. The highest BCUT2D eigenvalue weighted by Crippen LogP contribution is 2.23. The Morgan fingerprint density at radius 2 is 1.50 bits per heavy atom. The molecular weight excluding hydrogens is 297 g/mol. The molecule has 0 radical (unpaired) electrons. The molecule has 0 saturated heterocycles. The van der Waals surface area contributed by atoms with Crippen molar-refractivity contribution >= 4 is 47.8 Å². The van der Waals surface area contributed by atoms with Gasteiger partial charge in [-0.05, 0) is 36.4 Å². The maximum atomic E-state index is 11.2. The lowest BCUT2D eigenvalue weighted by Gasteiger charge is -2.23. The molecule has 1 aliphatic heterocycles. The number of anilines is 3. The van der Waals surface area contributed by atoms with Crippen LogP contribution in [0.4, 0.5) is 17.1 Å². The lowest BCUT2D eigenvalue weighted by molar-refractivity contribution is -0.114. The minimum absolute atomic E-state index is 0. The first kappa shape index (κ1) is 16.0. The van der Waals surface area contributed by atoms with E-state index in [1.807, 2.05) is 36.4 Å². The Labute approximate surface area is 129 Å². The predicted molar refractivity (Wildman–Crippen MR) is 85.1 cm³/mol. The van der Waals surface area contributed by atoms with Gasteiger partial charge < -0.3 is 5.32 Å². The molecule has 1 aromatic carbocycles. The largest absolute Gasteiger partial charge is 0.355 e. The van der Waals surface area contributed by atoms with Crippen LogP contribution in [-0.4, -0.2) is 10.9 Å². The molecule has 104 valence electrons. The molecular formula is C14H13Cl2N3O. The van der Waals surface area contributed by atoms with Crippen molar-refractivity contribution in [1.82, 2.24) is 4.98 Å². The third-order valence-electron chi connectivity index (χ3n) is 2.72. The number of amides is 1. The first-order chi connectivity index (χ1) is 8.83. The van der Waals surface area contributed by atoms with E-state index in [0.717, 1.165) is 17.1 Å². The smallest absolute Gasteiger partial charge is 0.256 e. The Bertz CT molecular complexity index is 600. The zero-order valence-electron chi connectivity index (χ0n) is 10.4. The van der Waals surface area contributed by atoms with Gasteiger partial charge in [0.2, 0.25) is 0 Å². The fourth-order valence-electron chi connectivity index (χ4n) is 1.73. The number of benzene rings is 1. The predicted octanol–water partition coefficient (Wildman–Crippen LogP) is 3.53. The van der Waals surface area contributed by atoms with Gasteiger partial charge in [-0.2, -0.15) is 0 Å². The van der Waals surface area contributed by atoms with Gasteiger partial charge in [-0.25, -0.2) is 0 Å². The van der Waals surface area contributed by atoms with Crippen LogP contribution in [0.3, 0.4) is 0 Å². The minimum Gasteiger partial charge on any atom is -0.355 e. The topological polar surface area (TPSA) is 45.2 Å². The van der Waals surface area contributed by atoms with Crippen LogP contribution in [0.15, 0.2) is 61.1 Å². The highest BCUT2D eigenvalue weighted by atomic mass is 35.5. The molecule has 1 aliphatic rings. The van der Waals surface area contributed by atoms with Crippen molar-refractivity contribution in [3.63, 3.8) is 0 Å². The third-order valence-corrected chi connectivity index (χ3v) is 2.72. The molecule has 0 bridgehead atoms. The van der Waals surface area contributed by atoms with E-state index in [1.165, 1.54) is 0 Å². The van der Waals surface area contributed by atoms with E-state index in [2.05, 4.69) is 10.3 Å². The first-order valence-electron chi connectivity index (χ1n) is 5.61. The van der Waals surface area contributed by atoms with E-state index in [-0.39, 0.29) is 30.7 Å². The second kappa shape index (κ2) is 6.93. The summed E-state index contributed by atoms with van der Waals surface area (Å²) in [7, 11) is 0. The molecule has 2 aromatic rings. The summed E-state index contributed by atoms with van der Waals surface area (Å²) in [6.45, 7) is 0. The van der Waals surface area contributed by atoms with Crippen LogP contribution >= 0.6 is 24.8 Å². The molecule has 0 unspecified atom stereocenters. The summed E-state index contributed by atoms with van der Waals surface area (Å²) < 4.78 is 0. The van der Waals surface area contributed by atoms with Crippen LogP contribution in [0.2, 0.25) is 0 Å². The Morgan fingerprint density at radius 3 is 2.00 bits per heavy atom. The molecule has 1 N–H and O–H groups in total. The van der Waals surface area contributed by atoms with Gasteiger partial charge in [0, 0.05) is 41.7 Å². The first-order valence-corrected chi connectivity index (χ1v) is 5.61. The second-order valence-electron chi connectivity index (χ2n) is 3.93. The van der Waals surface area contributed by atoms with Crippen molar-refractivity contribution in [2.45, 2.75) is 0 Å². The fourth-order valence-corrected chi connectivity index (χ4v) is 1.73. The van der Waals surface area contributed by atoms with Gasteiger partial charge in [0.1, 0.15) is 0 Å². The van der Waals surface area contributed by atoms with Gasteiger partial charge in [-0.3, -0.25) is 14.7 Å². The number of nitrogens with one attached hydrogen (secondary N) is 1. The van der Waals surface area contributed by atoms with E-state index >= 15 is 0 Å². The average molecular weight is 310 g/mol. The number of halogens is 2. The third kappa shape index (κ3) is 3.29. The van der Waals surface area contributed by atoms with Crippen molar-refractivity contribution in [3.8, 4) is 0 Å². The van der Waals surface area contributed by atoms with Gasteiger partial charge in [0.05, 0.1) is 0 Å². The SMILES string of the molecule is Cl.Cl.O=C1C=CN1c1ccc(Nc2ccncc2)cc1. The van der Waals surface area contributed by atoms with Crippen molar-refractivity contribution in [3.05, 3.63) is 61.1 Å². The molecule has 0 aliphatic carbocycles. The van der Waals surface area contributed by atoms with Crippen molar-refractivity contribution < 1.29 is 4.79 Å². The molecule has 20 heavy (non-hydrogen) atoms. The fraction of sp³-hybridized carbons (Fsp3) is 0. The maximum Gasteiger partial charge on any atom is 0.256 e. The molecule has 0 atom stereocenters. The zero-order valence-corrected chi connectivity index (χ0v) is 12.0. The summed E-state index contributed by atoms with van der Waals surface area (Å²) in [5, 5.41) is 3.26. The summed E-state index contributed by atoms with van der Waals surface area (Å²) in [4.78, 5) is 16.8. The van der Waals surface area contributed by atoms with Gasteiger partial charge in [-0.15, -0.1) is 24.8 Å². The molecule has 0 fully saturated rings. The number of hydrogen-bond donors (Lipinski definition) is 1. The van der Waals surface area contributed by atoms with Crippen LogP contribution < -0.4 is 10.2 Å². The molecule has 3 rings (SSSR count). The number of aromatic nitrogens is 1.